The number of fused-ring (bicyclic) bond motifs is 1. The van der Waals surface area contributed by atoms with E-state index in [4.69, 9.17) is 18.9 Å². The Balaban J connectivity index is 1.19. The summed E-state index contributed by atoms with van der Waals surface area (Å²) in [6, 6.07) is 18.4. The zero-order valence-corrected chi connectivity index (χ0v) is 25.7. The number of ether oxygens (including phenoxy) is 4. The van der Waals surface area contributed by atoms with Gasteiger partial charge in [-0.2, -0.15) is 0 Å². The third-order valence-corrected chi connectivity index (χ3v) is 7.99. The third kappa shape index (κ3) is 6.71. The van der Waals surface area contributed by atoms with Crippen molar-refractivity contribution < 1.29 is 28.4 Å². The lowest BCUT2D eigenvalue weighted by atomic mass is 10.1. The van der Waals surface area contributed by atoms with Gasteiger partial charge >= 0.3 is 0 Å². The van der Waals surface area contributed by atoms with Crippen LogP contribution in [0.5, 0.6) is 23.0 Å². The average Bonchev–Trinajstić information content (AvgIpc) is 3.09. The van der Waals surface area contributed by atoms with E-state index in [1.54, 1.807) is 61.8 Å². The molecule has 0 spiro atoms. The standard InChI is InChI=1S/C35H35FN4O6/c1-39-34(33(41)23-7-4-3-5-8-23)38-22-26(35(39)42)24-9-10-30(27(36)19-24)46-29-11-12-37-28-21-32(31(43-2)20-25(28)29)45-16-6-13-40-14-17-44-18-15-40/h3-5,7-12,19-22,33,41H,6,13-18H2,1-2H3. The minimum Gasteiger partial charge on any atom is -0.493 e. The van der Waals surface area contributed by atoms with Crippen molar-refractivity contribution in [2.45, 2.75) is 12.5 Å². The van der Waals surface area contributed by atoms with Gasteiger partial charge in [-0.25, -0.2) is 9.37 Å². The Bertz CT molecular complexity index is 1880. The number of aliphatic hydroxyl groups is 1. The fourth-order valence-corrected chi connectivity index (χ4v) is 5.45. The summed E-state index contributed by atoms with van der Waals surface area (Å²) in [6.07, 6.45) is 2.70. The van der Waals surface area contributed by atoms with E-state index in [2.05, 4.69) is 14.9 Å². The monoisotopic (exact) mass is 626 g/mol. The number of aromatic nitrogens is 3. The Morgan fingerprint density at radius 1 is 0.978 bits per heavy atom. The molecule has 2 aromatic heterocycles. The first-order valence-electron chi connectivity index (χ1n) is 15.1. The van der Waals surface area contributed by atoms with Gasteiger partial charge in [0.25, 0.3) is 5.56 Å². The first-order valence-corrected chi connectivity index (χ1v) is 15.1. The van der Waals surface area contributed by atoms with E-state index in [0.29, 0.717) is 45.9 Å². The number of hydrogen-bond acceptors (Lipinski definition) is 9. The quantitative estimate of drug-likeness (QED) is 0.200. The lowest BCUT2D eigenvalue weighted by molar-refractivity contribution is 0.0357. The van der Waals surface area contributed by atoms with Gasteiger partial charge in [0.2, 0.25) is 0 Å². The summed E-state index contributed by atoms with van der Waals surface area (Å²) in [4.78, 5) is 24.4. The summed E-state index contributed by atoms with van der Waals surface area (Å²) < 4.78 is 39.8. The van der Waals surface area contributed by atoms with E-state index in [1.165, 1.54) is 29.9 Å². The highest BCUT2D eigenvalue weighted by Gasteiger charge is 2.19. The molecule has 5 aromatic rings. The van der Waals surface area contributed by atoms with E-state index >= 15 is 4.39 Å². The molecular formula is C35H35FN4O6. The molecule has 1 fully saturated rings. The predicted octanol–water partition coefficient (Wildman–Crippen LogP) is 5.12. The first kappa shape index (κ1) is 31.2. The van der Waals surface area contributed by atoms with Gasteiger partial charge in [0.15, 0.2) is 23.1 Å². The Morgan fingerprint density at radius 3 is 2.54 bits per heavy atom. The van der Waals surface area contributed by atoms with E-state index in [1.807, 2.05) is 6.07 Å². The second-order valence-corrected chi connectivity index (χ2v) is 10.9. The predicted molar refractivity (Wildman–Crippen MR) is 171 cm³/mol. The number of benzene rings is 3. The van der Waals surface area contributed by atoms with Gasteiger partial charge in [0.05, 0.1) is 38.0 Å². The molecule has 3 heterocycles. The van der Waals surface area contributed by atoms with Crippen LogP contribution in [0.3, 0.4) is 0 Å². The summed E-state index contributed by atoms with van der Waals surface area (Å²) in [7, 11) is 3.09. The van der Waals surface area contributed by atoms with Crippen LogP contribution < -0.4 is 19.8 Å². The molecule has 1 saturated heterocycles. The summed E-state index contributed by atoms with van der Waals surface area (Å²) in [5, 5.41) is 11.4. The average molecular weight is 627 g/mol. The summed E-state index contributed by atoms with van der Waals surface area (Å²) in [5.41, 5.74) is 1.31. The van der Waals surface area contributed by atoms with Crippen molar-refractivity contribution in [3.05, 3.63) is 107 Å². The number of pyridine rings is 1. The van der Waals surface area contributed by atoms with Crippen LogP contribution in [0.4, 0.5) is 4.39 Å². The lowest BCUT2D eigenvalue weighted by Gasteiger charge is -2.26. The maximum absolute atomic E-state index is 15.4. The molecular weight excluding hydrogens is 591 g/mol. The van der Waals surface area contributed by atoms with Gasteiger partial charge in [-0.1, -0.05) is 36.4 Å². The highest BCUT2D eigenvalue weighted by Crippen LogP contribution is 2.38. The van der Waals surface area contributed by atoms with Crippen LogP contribution in [0.25, 0.3) is 22.0 Å². The molecule has 0 radical (unpaired) electrons. The second kappa shape index (κ2) is 14.1. The summed E-state index contributed by atoms with van der Waals surface area (Å²) in [5.74, 6) is 0.948. The molecule has 6 rings (SSSR count). The molecule has 1 aliphatic heterocycles. The zero-order chi connectivity index (χ0) is 32.0. The molecule has 0 aliphatic carbocycles. The molecule has 1 aliphatic rings. The molecule has 1 atom stereocenters. The Morgan fingerprint density at radius 2 is 1.78 bits per heavy atom. The summed E-state index contributed by atoms with van der Waals surface area (Å²) >= 11 is 0. The van der Waals surface area contributed by atoms with Crippen molar-refractivity contribution in [1.82, 2.24) is 19.4 Å². The minimum atomic E-state index is -1.09. The van der Waals surface area contributed by atoms with Crippen LogP contribution in [0.15, 0.2) is 83.9 Å². The van der Waals surface area contributed by atoms with Crippen molar-refractivity contribution in [1.29, 1.82) is 0 Å². The number of aliphatic hydroxyl groups excluding tert-OH is 1. The van der Waals surface area contributed by atoms with Gasteiger partial charge < -0.3 is 24.1 Å². The van der Waals surface area contributed by atoms with Crippen LogP contribution in [0.2, 0.25) is 0 Å². The van der Waals surface area contributed by atoms with Crippen LogP contribution in [0, 0.1) is 5.82 Å². The zero-order valence-electron chi connectivity index (χ0n) is 25.7. The highest BCUT2D eigenvalue weighted by molar-refractivity contribution is 5.88. The molecule has 238 valence electrons. The van der Waals surface area contributed by atoms with Gasteiger partial charge in [-0.05, 0) is 41.8 Å². The first-order chi connectivity index (χ1) is 22.4. The van der Waals surface area contributed by atoms with Crippen molar-refractivity contribution in [2.24, 2.45) is 7.05 Å². The number of rotatable bonds is 11. The van der Waals surface area contributed by atoms with Crippen molar-refractivity contribution in [3.8, 4) is 34.1 Å². The topological polar surface area (TPSA) is 108 Å². The largest absolute Gasteiger partial charge is 0.493 e. The Labute approximate surface area is 265 Å². The van der Waals surface area contributed by atoms with Gasteiger partial charge in [0.1, 0.15) is 17.7 Å². The molecule has 0 bridgehead atoms. The number of nitrogens with zero attached hydrogens (tertiary/aromatic N) is 4. The van der Waals surface area contributed by atoms with Crippen molar-refractivity contribution in [2.75, 3.05) is 46.6 Å². The second-order valence-electron chi connectivity index (χ2n) is 10.9. The lowest BCUT2D eigenvalue weighted by Crippen LogP contribution is -2.37. The molecule has 11 heteroatoms. The fraction of sp³-hybridized carbons (Fsp3) is 0.286. The molecule has 10 nitrogen and oxygen atoms in total. The van der Waals surface area contributed by atoms with Crippen LogP contribution in [0.1, 0.15) is 23.9 Å². The van der Waals surface area contributed by atoms with E-state index in [-0.39, 0.29) is 17.1 Å². The molecule has 0 saturated carbocycles. The summed E-state index contributed by atoms with van der Waals surface area (Å²) in [6.45, 7) is 4.82. The van der Waals surface area contributed by atoms with Crippen molar-refractivity contribution in [3.63, 3.8) is 0 Å². The van der Waals surface area contributed by atoms with Gasteiger partial charge in [-0.3, -0.25) is 19.2 Å². The molecule has 3 aromatic carbocycles. The molecule has 1 unspecified atom stereocenters. The van der Waals surface area contributed by atoms with E-state index < -0.39 is 17.5 Å². The number of methoxy groups -OCH3 is 1. The Hall–Kier alpha value is -4.84. The third-order valence-electron chi connectivity index (χ3n) is 7.99. The maximum Gasteiger partial charge on any atom is 0.261 e. The maximum atomic E-state index is 15.4. The normalized spacial score (nSPS) is 14.3. The van der Waals surface area contributed by atoms with Crippen LogP contribution >= 0.6 is 0 Å². The van der Waals surface area contributed by atoms with Crippen LogP contribution in [-0.2, 0) is 11.8 Å². The van der Waals surface area contributed by atoms with E-state index in [9.17, 15) is 9.90 Å². The fourth-order valence-electron chi connectivity index (χ4n) is 5.45. The Kier molecular flexibility index (Phi) is 9.53. The molecule has 0 amide bonds. The number of halogens is 1. The number of morpholine rings is 1. The highest BCUT2D eigenvalue weighted by atomic mass is 19.1. The SMILES string of the molecule is COc1cc2c(Oc3ccc(-c4cnc(C(O)c5ccccc5)n(C)c4=O)cc3F)ccnc2cc1OCCCN1CCOCC1. The smallest absolute Gasteiger partial charge is 0.261 e. The molecule has 46 heavy (non-hydrogen) atoms. The van der Waals surface area contributed by atoms with Gasteiger partial charge in [0, 0.05) is 50.5 Å². The number of hydrogen-bond donors (Lipinski definition) is 1. The minimum absolute atomic E-state index is 0.0282. The van der Waals surface area contributed by atoms with E-state index in [0.717, 1.165) is 39.3 Å². The van der Waals surface area contributed by atoms with Gasteiger partial charge in [-0.15, -0.1) is 0 Å². The molecule has 1 N–H and O–H groups in total. The van der Waals surface area contributed by atoms with Crippen molar-refractivity contribution >= 4 is 10.9 Å². The van der Waals surface area contributed by atoms with Crippen LogP contribution in [-0.4, -0.2) is 71.1 Å².